The van der Waals surface area contributed by atoms with Gasteiger partial charge in [-0.1, -0.05) is 0 Å². The van der Waals surface area contributed by atoms with Crippen LogP contribution in [0.2, 0.25) is 0 Å². The van der Waals surface area contributed by atoms with E-state index in [-0.39, 0.29) is 17.9 Å². The van der Waals surface area contributed by atoms with Gasteiger partial charge in [0.1, 0.15) is 5.75 Å². The van der Waals surface area contributed by atoms with Crippen molar-refractivity contribution in [2.24, 2.45) is 5.73 Å². The molecule has 2 rings (SSSR count). The number of ether oxygens (including phenoxy) is 1. The highest BCUT2D eigenvalue weighted by molar-refractivity contribution is 5.94. The van der Waals surface area contributed by atoms with Gasteiger partial charge in [0.25, 0.3) is 5.91 Å². The number of rotatable bonds is 6. The van der Waals surface area contributed by atoms with Gasteiger partial charge in [-0.3, -0.25) is 9.59 Å². The Bertz CT molecular complexity index is 516. The SMILES string of the molecule is CC(=O)N[C@@H]1CCN(C(=O)c2ccc(OCCCN)cc2)C1. The molecule has 0 radical (unpaired) electrons. The van der Waals surface area contributed by atoms with Crippen LogP contribution in [0.25, 0.3) is 0 Å². The lowest BCUT2D eigenvalue weighted by molar-refractivity contribution is -0.119. The standard InChI is InChI=1S/C16H23N3O3/c1-12(20)18-14-7-9-19(11-14)16(21)13-3-5-15(6-4-13)22-10-2-8-17/h3-6,14H,2,7-11,17H2,1H3,(H,18,20)/t14-/m1/s1. The average molecular weight is 305 g/mol. The normalized spacial score (nSPS) is 17.4. The van der Waals surface area contributed by atoms with E-state index in [0.717, 1.165) is 18.6 Å². The van der Waals surface area contributed by atoms with E-state index in [0.29, 0.717) is 31.8 Å². The summed E-state index contributed by atoms with van der Waals surface area (Å²) in [4.78, 5) is 25.2. The Morgan fingerprint density at radius 3 is 2.73 bits per heavy atom. The number of amides is 2. The van der Waals surface area contributed by atoms with E-state index in [1.165, 1.54) is 6.92 Å². The summed E-state index contributed by atoms with van der Waals surface area (Å²) in [6, 6.07) is 7.19. The van der Waals surface area contributed by atoms with Gasteiger partial charge >= 0.3 is 0 Å². The number of nitrogens with one attached hydrogen (secondary N) is 1. The number of likely N-dealkylation sites (tertiary alicyclic amines) is 1. The molecule has 1 fully saturated rings. The van der Waals surface area contributed by atoms with E-state index in [2.05, 4.69) is 5.32 Å². The molecule has 1 aliphatic rings. The number of nitrogens with two attached hydrogens (primary N) is 1. The molecule has 6 heteroatoms. The molecule has 1 aromatic carbocycles. The molecule has 6 nitrogen and oxygen atoms in total. The highest BCUT2D eigenvalue weighted by Gasteiger charge is 2.27. The molecule has 1 heterocycles. The largest absolute Gasteiger partial charge is 0.494 e. The van der Waals surface area contributed by atoms with Gasteiger partial charge in [0.2, 0.25) is 5.91 Å². The summed E-state index contributed by atoms with van der Waals surface area (Å²) in [6.45, 7) is 3.90. The fourth-order valence-electron chi connectivity index (χ4n) is 2.50. The molecular formula is C16H23N3O3. The van der Waals surface area contributed by atoms with Crippen LogP contribution in [-0.2, 0) is 4.79 Å². The second-order valence-electron chi connectivity index (χ2n) is 5.45. The molecule has 2 amide bonds. The molecule has 0 saturated carbocycles. The van der Waals surface area contributed by atoms with Gasteiger partial charge < -0.3 is 20.7 Å². The fourth-order valence-corrected chi connectivity index (χ4v) is 2.50. The van der Waals surface area contributed by atoms with Gasteiger partial charge in [-0.15, -0.1) is 0 Å². The smallest absolute Gasteiger partial charge is 0.253 e. The second kappa shape index (κ2) is 7.79. The fraction of sp³-hybridized carbons (Fsp3) is 0.500. The molecule has 0 bridgehead atoms. The minimum atomic E-state index is -0.0571. The van der Waals surface area contributed by atoms with E-state index in [9.17, 15) is 9.59 Å². The zero-order valence-corrected chi connectivity index (χ0v) is 12.9. The van der Waals surface area contributed by atoms with Gasteiger partial charge in [0.15, 0.2) is 0 Å². The lowest BCUT2D eigenvalue weighted by Gasteiger charge is -2.17. The third-order valence-corrected chi connectivity index (χ3v) is 3.60. The van der Waals surface area contributed by atoms with Crippen molar-refractivity contribution in [2.45, 2.75) is 25.8 Å². The second-order valence-corrected chi connectivity index (χ2v) is 5.45. The summed E-state index contributed by atoms with van der Waals surface area (Å²) in [5, 5.41) is 2.85. The van der Waals surface area contributed by atoms with Gasteiger partial charge in [-0.05, 0) is 43.7 Å². The van der Waals surface area contributed by atoms with Crippen LogP contribution in [-0.4, -0.2) is 49.0 Å². The maximum atomic E-state index is 12.4. The number of benzene rings is 1. The molecule has 3 N–H and O–H groups in total. The first kappa shape index (κ1) is 16.3. The quantitative estimate of drug-likeness (QED) is 0.760. The summed E-state index contributed by atoms with van der Waals surface area (Å²) in [6.07, 6.45) is 1.60. The molecule has 1 saturated heterocycles. The predicted octanol–water partition coefficient (Wildman–Crippen LogP) is 0.765. The Balaban J connectivity index is 1.89. The van der Waals surface area contributed by atoms with Crippen LogP contribution in [0.1, 0.15) is 30.1 Å². The monoisotopic (exact) mass is 305 g/mol. The van der Waals surface area contributed by atoms with Crippen molar-refractivity contribution in [3.63, 3.8) is 0 Å². The van der Waals surface area contributed by atoms with Crippen molar-refractivity contribution in [1.29, 1.82) is 0 Å². The summed E-state index contributed by atoms with van der Waals surface area (Å²) >= 11 is 0. The number of hydrogen-bond acceptors (Lipinski definition) is 4. The van der Waals surface area contributed by atoms with Crippen molar-refractivity contribution in [3.05, 3.63) is 29.8 Å². The van der Waals surface area contributed by atoms with Gasteiger partial charge in [-0.2, -0.15) is 0 Å². The molecule has 120 valence electrons. The van der Waals surface area contributed by atoms with Crippen molar-refractivity contribution < 1.29 is 14.3 Å². The maximum absolute atomic E-state index is 12.4. The number of nitrogens with zero attached hydrogens (tertiary/aromatic N) is 1. The molecule has 1 aliphatic heterocycles. The van der Waals surface area contributed by atoms with Crippen LogP contribution < -0.4 is 15.8 Å². The minimum Gasteiger partial charge on any atom is -0.494 e. The van der Waals surface area contributed by atoms with Crippen molar-refractivity contribution in [2.75, 3.05) is 26.2 Å². The Morgan fingerprint density at radius 2 is 2.09 bits per heavy atom. The average Bonchev–Trinajstić information content (AvgIpc) is 2.95. The first-order chi connectivity index (χ1) is 10.6. The summed E-state index contributed by atoms with van der Waals surface area (Å²) in [5.74, 6) is 0.669. The molecule has 0 aliphatic carbocycles. The van der Waals surface area contributed by atoms with E-state index in [1.807, 2.05) is 0 Å². The van der Waals surface area contributed by atoms with Crippen LogP contribution in [0.4, 0.5) is 0 Å². The zero-order valence-electron chi connectivity index (χ0n) is 12.9. The molecular weight excluding hydrogens is 282 g/mol. The first-order valence-corrected chi connectivity index (χ1v) is 7.59. The predicted molar refractivity (Wildman–Crippen MR) is 83.7 cm³/mol. The van der Waals surface area contributed by atoms with E-state index in [1.54, 1.807) is 29.2 Å². The Labute approximate surface area is 130 Å². The Kier molecular flexibility index (Phi) is 5.77. The highest BCUT2D eigenvalue weighted by atomic mass is 16.5. The molecule has 1 aromatic rings. The summed E-state index contributed by atoms with van der Waals surface area (Å²) < 4.78 is 5.52. The molecule has 0 spiro atoms. The number of carbonyl (C=O) groups excluding carboxylic acids is 2. The van der Waals surface area contributed by atoms with Crippen molar-refractivity contribution in [1.82, 2.24) is 10.2 Å². The van der Waals surface area contributed by atoms with Crippen molar-refractivity contribution >= 4 is 11.8 Å². The van der Waals surface area contributed by atoms with Gasteiger partial charge in [-0.25, -0.2) is 0 Å². The lowest BCUT2D eigenvalue weighted by Crippen LogP contribution is -2.37. The third kappa shape index (κ3) is 4.46. The highest BCUT2D eigenvalue weighted by Crippen LogP contribution is 2.17. The van der Waals surface area contributed by atoms with Crippen LogP contribution in [0.3, 0.4) is 0 Å². The van der Waals surface area contributed by atoms with Crippen LogP contribution in [0, 0.1) is 0 Å². The molecule has 0 aromatic heterocycles. The minimum absolute atomic E-state index is 0.0126. The van der Waals surface area contributed by atoms with Crippen LogP contribution in [0.5, 0.6) is 5.75 Å². The van der Waals surface area contributed by atoms with Crippen LogP contribution >= 0.6 is 0 Å². The Hall–Kier alpha value is -2.08. The van der Waals surface area contributed by atoms with Gasteiger partial charge in [0, 0.05) is 31.6 Å². The molecule has 0 unspecified atom stereocenters. The number of hydrogen-bond donors (Lipinski definition) is 2. The Morgan fingerprint density at radius 1 is 1.36 bits per heavy atom. The topological polar surface area (TPSA) is 84.7 Å². The zero-order chi connectivity index (χ0) is 15.9. The first-order valence-electron chi connectivity index (χ1n) is 7.59. The maximum Gasteiger partial charge on any atom is 0.253 e. The van der Waals surface area contributed by atoms with Gasteiger partial charge in [0.05, 0.1) is 6.61 Å². The number of carbonyl (C=O) groups is 2. The molecule has 1 atom stereocenters. The summed E-state index contributed by atoms with van der Waals surface area (Å²) in [7, 11) is 0. The van der Waals surface area contributed by atoms with E-state index in [4.69, 9.17) is 10.5 Å². The molecule has 22 heavy (non-hydrogen) atoms. The lowest BCUT2D eigenvalue weighted by atomic mass is 10.2. The summed E-state index contributed by atoms with van der Waals surface area (Å²) in [5.41, 5.74) is 6.05. The third-order valence-electron chi connectivity index (χ3n) is 3.60. The van der Waals surface area contributed by atoms with E-state index >= 15 is 0 Å². The van der Waals surface area contributed by atoms with E-state index < -0.39 is 0 Å². The van der Waals surface area contributed by atoms with Crippen LogP contribution in [0.15, 0.2) is 24.3 Å². The van der Waals surface area contributed by atoms with Crippen molar-refractivity contribution in [3.8, 4) is 5.75 Å².